The first-order valence-electron chi connectivity index (χ1n) is 6.38. The highest BCUT2D eigenvalue weighted by molar-refractivity contribution is 5.94. The maximum Gasteiger partial charge on any atom is 0.293 e. The van der Waals surface area contributed by atoms with Gasteiger partial charge >= 0.3 is 0 Å². The lowest BCUT2D eigenvalue weighted by Crippen LogP contribution is -2.12. The van der Waals surface area contributed by atoms with Gasteiger partial charge in [-0.3, -0.25) is 14.9 Å². The van der Waals surface area contributed by atoms with E-state index in [1.807, 2.05) is 6.92 Å². The Hall–Kier alpha value is -2.15. The lowest BCUT2D eigenvalue weighted by molar-refractivity contribution is -0.384. The molecule has 1 atom stereocenters. The van der Waals surface area contributed by atoms with Gasteiger partial charge in [-0.25, -0.2) is 0 Å². The maximum absolute atomic E-state index is 11.0. The highest BCUT2D eigenvalue weighted by atomic mass is 16.6. The highest BCUT2D eigenvalue weighted by Gasteiger charge is 2.16. The maximum atomic E-state index is 11.0. The summed E-state index contributed by atoms with van der Waals surface area (Å²) < 4.78 is 0. The summed E-state index contributed by atoms with van der Waals surface area (Å²) in [6.07, 6.45) is 1.62. The molecule has 110 valence electrons. The van der Waals surface area contributed by atoms with Crippen LogP contribution in [0.1, 0.15) is 30.1 Å². The summed E-state index contributed by atoms with van der Waals surface area (Å²) in [6.45, 7) is 2.62. The third-order valence-corrected chi connectivity index (χ3v) is 2.98. The highest BCUT2D eigenvalue weighted by Crippen LogP contribution is 2.25. The number of carbonyl (C=O) groups is 1. The Morgan fingerprint density at radius 1 is 1.55 bits per heavy atom. The number of hydrogen-bond acceptors (Lipinski definition) is 5. The molecule has 0 fully saturated rings. The van der Waals surface area contributed by atoms with Gasteiger partial charge in [0.15, 0.2) is 0 Å². The standard InChI is InChI=1S/C13H19N3O4/c1-9(8-17)3-2-6-15-11-5-4-10(13(14)18)7-12(11)16(19)20/h4-5,7,9,15,17H,2-3,6,8H2,1H3,(H2,14,18). The van der Waals surface area contributed by atoms with Crippen LogP contribution < -0.4 is 11.1 Å². The Morgan fingerprint density at radius 3 is 2.80 bits per heavy atom. The van der Waals surface area contributed by atoms with Crippen molar-refractivity contribution in [2.45, 2.75) is 19.8 Å². The molecule has 4 N–H and O–H groups in total. The second-order valence-corrected chi connectivity index (χ2v) is 4.71. The SMILES string of the molecule is CC(CO)CCCNc1ccc(C(N)=O)cc1[N+](=O)[O-]. The molecule has 0 spiro atoms. The van der Waals surface area contributed by atoms with Crippen LogP contribution in [0.25, 0.3) is 0 Å². The van der Waals surface area contributed by atoms with Crippen molar-refractivity contribution < 1.29 is 14.8 Å². The van der Waals surface area contributed by atoms with E-state index in [1.165, 1.54) is 18.2 Å². The normalized spacial score (nSPS) is 11.9. The number of nitrogens with two attached hydrogens (primary N) is 1. The van der Waals surface area contributed by atoms with Crippen molar-refractivity contribution in [3.05, 3.63) is 33.9 Å². The van der Waals surface area contributed by atoms with Gasteiger partial charge < -0.3 is 16.2 Å². The number of aliphatic hydroxyl groups is 1. The van der Waals surface area contributed by atoms with Crippen molar-refractivity contribution in [2.75, 3.05) is 18.5 Å². The van der Waals surface area contributed by atoms with Crippen LogP contribution in [0.3, 0.4) is 0 Å². The van der Waals surface area contributed by atoms with E-state index in [0.29, 0.717) is 12.2 Å². The number of nitrogens with one attached hydrogen (secondary N) is 1. The molecular weight excluding hydrogens is 262 g/mol. The van der Waals surface area contributed by atoms with Crippen LogP contribution in [0.2, 0.25) is 0 Å². The second-order valence-electron chi connectivity index (χ2n) is 4.71. The summed E-state index contributed by atoms with van der Waals surface area (Å²) >= 11 is 0. The molecule has 0 saturated heterocycles. The first-order valence-corrected chi connectivity index (χ1v) is 6.38. The molecule has 1 aromatic carbocycles. The predicted octanol–water partition coefficient (Wildman–Crippen LogP) is 1.51. The summed E-state index contributed by atoms with van der Waals surface area (Å²) in [5.41, 5.74) is 5.39. The molecule has 0 aromatic heterocycles. The summed E-state index contributed by atoms with van der Waals surface area (Å²) in [4.78, 5) is 21.4. The van der Waals surface area contributed by atoms with E-state index >= 15 is 0 Å². The van der Waals surface area contributed by atoms with E-state index in [4.69, 9.17) is 10.8 Å². The number of primary amides is 1. The van der Waals surface area contributed by atoms with Gasteiger partial charge in [0.05, 0.1) is 4.92 Å². The minimum absolute atomic E-state index is 0.108. The molecule has 0 heterocycles. The smallest absolute Gasteiger partial charge is 0.293 e. The van der Waals surface area contributed by atoms with Gasteiger partial charge in [0.1, 0.15) is 5.69 Å². The number of hydrogen-bond donors (Lipinski definition) is 3. The van der Waals surface area contributed by atoms with E-state index in [1.54, 1.807) is 0 Å². The van der Waals surface area contributed by atoms with Gasteiger partial charge in [-0.05, 0) is 30.9 Å². The topological polar surface area (TPSA) is 118 Å². The number of aliphatic hydroxyl groups excluding tert-OH is 1. The molecular formula is C13H19N3O4. The minimum Gasteiger partial charge on any atom is -0.396 e. The monoisotopic (exact) mass is 281 g/mol. The summed E-state index contributed by atoms with van der Waals surface area (Å²) in [5, 5.41) is 22.8. The van der Waals surface area contributed by atoms with Crippen molar-refractivity contribution in [3.63, 3.8) is 0 Å². The fourth-order valence-electron chi connectivity index (χ4n) is 1.75. The average molecular weight is 281 g/mol. The Labute approximate surface area is 116 Å². The quantitative estimate of drug-likeness (QED) is 0.379. The number of anilines is 1. The summed E-state index contributed by atoms with van der Waals surface area (Å²) in [6, 6.07) is 4.10. The van der Waals surface area contributed by atoms with Crippen molar-refractivity contribution in [3.8, 4) is 0 Å². The number of rotatable bonds is 8. The van der Waals surface area contributed by atoms with Gasteiger partial charge in [0.25, 0.3) is 5.69 Å². The second kappa shape index (κ2) is 7.44. The number of nitro groups is 1. The van der Waals surface area contributed by atoms with E-state index in [-0.39, 0.29) is 23.8 Å². The van der Waals surface area contributed by atoms with Gasteiger partial charge in [-0.15, -0.1) is 0 Å². The molecule has 0 aliphatic carbocycles. The summed E-state index contributed by atoms with van der Waals surface area (Å²) in [5.74, 6) is -0.486. The molecule has 1 amide bonds. The molecule has 20 heavy (non-hydrogen) atoms. The molecule has 7 heteroatoms. The molecule has 0 aliphatic heterocycles. The van der Waals surface area contributed by atoms with Gasteiger partial charge in [0.2, 0.25) is 5.91 Å². The zero-order valence-corrected chi connectivity index (χ0v) is 11.3. The third kappa shape index (κ3) is 4.51. The van der Waals surface area contributed by atoms with E-state index in [9.17, 15) is 14.9 Å². The lowest BCUT2D eigenvalue weighted by Gasteiger charge is -2.10. The van der Waals surface area contributed by atoms with Crippen LogP contribution in [0.5, 0.6) is 0 Å². The number of carbonyl (C=O) groups excluding carboxylic acids is 1. The molecule has 7 nitrogen and oxygen atoms in total. The zero-order valence-electron chi connectivity index (χ0n) is 11.3. The van der Waals surface area contributed by atoms with Gasteiger partial charge in [0, 0.05) is 24.8 Å². The molecule has 0 saturated carbocycles. The largest absolute Gasteiger partial charge is 0.396 e. The first-order chi connectivity index (χ1) is 9.45. The molecule has 1 aromatic rings. The fourth-order valence-corrected chi connectivity index (χ4v) is 1.75. The van der Waals surface area contributed by atoms with Crippen LogP contribution in [-0.4, -0.2) is 29.1 Å². The van der Waals surface area contributed by atoms with Crippen LogP contribution in [0.15, 0.2) is 18.2 Å². The molecule has 1 rings (SSSR count). The van der Waals surface area contributed by atoms with E-state index in [2.05, 4.69) is 5.32 Å². The van der Waals surface area contributed by atoms with Crippen molar-refractivity contribution >= 4 is 17.3 Å². The predicted molar refractivity (Wildman–Crippen MR) is 75.6 cm³/mol. The first kappa shape index (κ1) is 15.9. The number of amides is 1. The van der Waals surface area contributed by atoms with Crippen LogP contribution in [-0.2, 0) is 0 Å². The van der Waals surface area contributed by atoms with Crippen LogP contribution in [0, 0.1) is 16.0 Å². The fraction of sp³-hybridized carbons (Fsp3) is 0.462. The number of benzene rings is 1. The Morgan fingerprint density at radius 2 is 2.25 bits per heavy atom. The molecule has 0 radical (unpaired) electrons. The van der Waals surface area contributed by atoms with Gasteiger partial charge in [-0.1, -0.05) is 6.92 Å². The Kier molecular flexibility index (Phi) is 5.92. The minimum atomic E-state index is -0.698. The summed E-state index contributed by atoms with van der Waals surface area (Å²) in [7, 11) is 0. The van der Waals surface area contributed by atoms with Crippen LogP contribution >= 0.6 is 0 Å². The van der Waals surface area contributed by atoms with Crippen molar-refractivity contribution in [2.24, 2.45) is 11.7 Å². The van der Waals surface area contributed by atoms with Crippen molar-refractivity contribution in [1.29, 1.82) is 0 Å². The van der Waals surface area contributed by atoms with Crippen molar-refractivity contribution in [1.82, 2.24) is 0 Å². The van der Waals surface area contributed by atoms with Gasteiger partial charge in [-0.2, -0.15) is 0 Å². The van der Waals surface area contributed by atoms with E-state index < -0.39 is 10.8 Å². The van der Waals surface area contributed by atoms with E-state index in [0.717, 1.165) is 12.8 Å². The average Bonchev–Trinajstić information content (AvgIpc) is 2.42. The lowest BCUT2D eigenvalue weighted by atomic mass is 10.1. The van der Waals surface area contributed by atoms with Crippen LogP contribution in [0.4, 0.5) is 11.4 Å². The Balaban J connectivity index is 2.70. The molecule has 1 unspecified atom stereocenters. The molecule has 0 bridgehead atoms. The Bertz CT molecular complexity index is 491. The molecule has 0 aliphatic rings. The zero-order chi connectivity index (χ0) is 15.1. The third-order valence-electron chi connectivity index (χ3n) is 2.98. The number of nitro benzene ring substituents is 1. The number of nitrogens with zero attached hydrogens (tertiary/aromatic N) is 1.